The number of ether oxygens (including phenoxy) is 1. The standard InChI is InChI=1S/C11H25N3O3S/c1-3-14(11-6-4-10(12)5-7-11)18(15,16)13-8-9-17-2/h10-11,13H,3-9,12H2,1-2H3. The van der Waals surface area contributed by atoms with Crippen molar-refractivity contribution in [2.24, 2.45) is 5.73 Å². The van der Waals surface area contributed by atoms with E-state index in [2.05, 4.69) is 4.72 Å². The van der Waals surface area contributed by atoms with Crippen molar-refractivity contribution in [3.63, 3.8) is 0 Å². The Bertz CT molecular complexity index is 326. The molecule has 7 heteroatoms. The normalized spacial score (nSPS) is 25.6. The number of hydrogen-bond donors (Lipinski definition) is 2. The highest BCUT2D eigenvalue weighted by Crippen LogP contribution is 2.23. The Balaban J connectivity index is 2.58. The zero-order valence-corrected chi connectivity index (χ0v) is 12.1. The first-order chi connectivity index (χ1) is 8.51. The van der Waals surface area contributed by atoms with Gasteiger partial charge in [-0.2, -0.15) is 17.4 Å². The molecule has 0 radical (unpaired) electrons. The number of nitrogens with zero attached hydrogens (tertiary/aromatic N) is 1. The molecule has 0 bridgehead atoms. The van der Waals surface area contributed by atoms with Crippen molar-refractivity contribution in [1.82, 2.24) is 9.03 Å². The lowest BCUT2D eigenvalue weighted by molar-refractivity contribution is 0.202. The lowest BCUT2D eigenvalue weighted by atomic mass is 9.92. The van der Waals surface area contributed by atoms with Crippen LogP contribution in [0.15, 0.2) is 0 Å². The molecule has 0 aromatic rings. The molecule has 0 aromatic carbocycles. The van der Waals surface area contributed by atoms with Crippen LogP contribution >= 0.6 is 0 Å². The molecule has 0 heterocycles. The number of methoxy groups -OCH3 is 1. The minimum absolute atomic E-state index is 0.0786. The Kier molecular flexibility index (Phi) is 6.51. The molecule has 0 unspecified atom stereocenters. The van der Waals surface area contributed by atoms with E-state index in [0.717, 1.165) is 25.7 Å². The maximum atomic E-state index is 12.1. The average Bonchev–Trinajstić information content (AvgIpc) is 2.32. The second kappa shape index (κ2) is 7.40. The smallest absolute Gasteiger partial charge is 0.279 e. The van der Waals surface area contributed by atoms with E-state index in [1.165, 1.54) is 0 Å². The Labute approximate surface area is 110 Å². The molecule has 18 heavy (non-hydrogen) atoms. The Morgan fingerprint density at radius 1 is 1.33 bits per heavy atom. The van der Waals surface area contributed by atoms with E-state index in [1.54, 1.807) is 11.4 Å². The number of hydrogen-bond acceptors (Lipinski definition) is 4. The van der Waals surface area contributed by atoms with Crippen LogP contribution in [-0.4, -0.2) is 51.6 Å². The molecular formula is C11H25N3O3S. The molecule has 0 atom stereocenters. The second-order valence-corrected chi connectivity index (χ2v) is 6.37. The molecule has 108 valence electrons. The van der Waals surface area contributed by atoms with Crippen molar-refractivity contribution in [3.8, 4) is 0 Å². The predicted molar refractivity (Wildman–Crippen MR) is 71.4 cm³/mol. The summed E-state index contributed by atoms with van der Waals surface area (Å²) in [6.45, 7) is 3.04. The zero-order chi connectivity index (χ0) is 13.6. The third kappa shape index (κ3) is 4.47. The van der Waals surface area contributed by atoms with Crippen LogP contribution < -0.4 is 10.5 Å². The maximum Gasteiger partial charge on any atom is 0.279 e. The largest absolute Gasteiger partial charge is 0.383 e. The molecular weight excluding hydrogens is 254 g/mol. The molecule has 0 aromatic heterocycles. The van der Waals surface area contributed by atoms with Crippen molar-refractivity contribution in [1.29, 1.82) is 0 Å². The first-order valence-corrected chi connectivity index (χ1v) is 7.96. The van der Waals surface area contributed by atoms with Gasteiger partial charge in [0.05, 0.1) is 6.61 Å². The van der Waals surface area contributed by atoms with E-state index < -0.39 is 10.2 Å². The van der Waals surface area contributed by atoms with Gasteiger partial charge < -0.3 is 10.5 Å². The molecule has 1 rings (SSSR count). The van der Waals surface area contributed by atoms with E-state index in [1.807, 2.05) is 6.92 Å². The molecule has 0 saturated heterocycles. The number of nitrogens with one attached hydrogen (secondary N) is 1. The topological polar surface area (TPSA) is 84.7 Å². The van der Waals surface area contributed by atoms with Gasteiger partial charge in [0.2, 0.25) is 0 Å². The van der Waals surface area contributed by atoms with Gasteiger partial charge in [-0.3, -0.25) is 0 Å². The van der Waals surface area contributed by atoms with E-state index in [4.69, 9.17) is 10.5 Å². The van der Waals surface area contributed by atoms with E-state index in [-0.39, 0.29) is 12.1 Å². The first-order valence-electron chi connectivity index (χ1n) is 6.52. The van der Waals surface area contributed by atoms with Crippen LogP contribution in [0.4, 0.5) is 0 Å². The summed E-state index contributed by atoms with van der Waals surface area (Å²) in [6, 6.07) is 0.305. The van der Waals surface area contributed by atoms with Crippen molar-refractivity contribution >= 4 is 10.2 Å². The third-order valence-electron chi connectivity index (χ3n) is 3.36. The molecule has 0 amide bonds. The number of nitrogens with two attached hydrogens (primary N) is 1. The van der Waals surface area contributed by atoms with Gasteiger partial charge in [-0.1, -0.05) is 6.92 Å². The molecule has 3 N–H and O–H groups in total. The van der Waals surface area contributed by atoms with Gasteiger partial charge in [-0.15, -0.1) is 0 Å². The highest BCUT2D eigenvalue weighted by atomic mass is 32.2. The lowest BCUT2D eigenvalue weighted by Crippen LogP contribution is -2.49. The highest BCUT2D eigenvalue weighted by molar-refractivity contribution is 7.87. The van der Waals surface area contributed by atoms with Gasteiger partial charge in [-0.25, -0.2) is 0 Å². The first kappa shape index (κ1) is 15.8. The molecule has 0 aliphatic heterocycles. The Morgan fingerprint density at radius 2 is 1.94 bits per heavy atom. The van der Waals surface area contributed by atoms with Crippen molar-refractivity contribution < 1.29 is 13.2 Å². The van der Waals surface area contributed by atoms with Crippen molar-refractivity contribution in [2.75, 3.05) is 26.8 Å². The van der Waals surface area contributed by atoms with Gasteiger partial charge in [0.1, 0.15) is 0 Å². The molecule has 6 nitrogen and oxygen atoms in total. The highest BCUT2D eigenvalue weighted by Gasteiger charge is 2.30. The summed E-state index contributed by atoms with van der Waals surface area (Å²) in [6.07, 6.45) is 3.49. The number of rotatable bonds is 7. The van der Waals surface area contributed by atoms with Gasteiger partial charge in [0.15, 0.2) is 0 Å². The minimum Gasteiger partial charge on any atom is -0.383 e. The fraction of sp³-hybridized carbons (Fsp3) is 1.00. The van der Waals surface area contributed by atoms with Crippen molar-refractivity contribution in [3.05, 3.63) is 0 Å². The quantitative estimate of drug-likeness (QED) is 0.645. The Morgan fingerprint density at radius 3 is 2.44 bits per heavy atom. The van der Waals surface area contributed by atoms with E-state index in [9.17, 15) is 8.42 Å². The molecule has 1 aliphatic carbocycles. The molecule has 1 saturated carbocycles. The summed E-state index contributed by atoms with van der Waals surface area (Å²) in [4.78, 5) is 0. The van der Waals surface area contributed by atoms with Crippen LogP contribution in [0.5, 0.6) is 0 Å². The van der Waals surface area contributed by atoms with Gasteiger partial charge in [0, 0.05) is 32.3 Å². The lowest BCUT2D eigenvalue weighted by Gasteiger charge is -2.34. The summed E-state index contributed by atoms with van der Waals surface area (Å²) in [7, 11) is -1.85. The van der Waals surface area contributed by atoms with E-state index in [0.29, 0.717) is 19.7 Å². The van der Waals surface area contributed by atoms with Gasteiger partial charge >= 0.3 is 0 Å². The predicted octanol–water partition coefficient (Wildman–Crippen LogP) is 0.0590. The minimum atomic E-state index is -3.40. The summed E-state index contributed by atoms with van der Waals surface area (Å²) in [5, 5.41) is 0. The summed E-state index contributed by atoms with van der Waals surface area (Å²) in [5.74, 6) is 0. The van der Waals surface area contributed by atoms with Crippen LogP contribution in [0.1, 0.15) is 32.6 Å². The SMILES string of the molecule is CCN(C1CCC(N)CC1)S(=O)(=O)NCCOC. The van der Waals surface area contributed by atoms with Crippen LogP contribution in [0.2, 0.25) is 0 Å². The molecule has 1 fully saturated rings. The monoisotopic (exact) mass is 279 g/mol. The van der Waals surface area contributed by atoms with Gasteiger partial charge in [-0.05, 0) is 25.7 Å². The molecule has 0 spiro atoms. The molecule has 1 aliphatic rings. The average molecular weight is 279 g/mol. The van der Waals surface area contributed by atoms with Crippen LogP contribution in [0.25, 0.3) is 0 Å². The van der Waals surface area contributed by atoms with E-state index >= 15 is 0 Å². The van der Waals surface area contributed by atoms with Crippen LogP contribution in [0, 0.1) is 0 Å². The maximum absolute atomic E-state index is 12.1. The zero-order valence-electron chi connectivity index (χ0n) is 11.3. The van der Waals surface area contributed by atoms with Crippen LogP contribution in [-0.2, 0) is 14.9 Å². The Hall–Kier alpha value is -0.210. The van der Waals surface area contributed by atoms with Gasteiger partial charge in [0.25, 0.3) is 10.2 Å². The second-order valence-electron chi connectivity index (χ2n) is 4.66. The third-order valence-corrected chi connectivity index (χ3v) is 5.10. The summed E-state index contributed by atoms with van der Waals surface area (Å²) >= 11 is 0. The fourth-order valence-corrected chi connectivity index (χ4v) is 3.82. The van der Waals surface area contributed by atoms with Crippen LogP contribution in [0.3, 0.4) is 0 Å². The fourth-order valence-electron chi connectivity index (χ4n) is 2.37. The summed E-state index contributed by atoms with van der Waals surface area (Å²) < 4.78 is 33.3. The summed E-state index contributed by atoms with van der Waals surface area (Å²) in [5.41, 5.74) is 5.85. The van der Waals surface area contributed by atoms with Crippen molar-refractivity contribution in [2.45, 2.75) is 44.7 Å².